The van der Waals surface area contributed by atoms with E-state index in [1.165, 1.54) is 0 Å². The van der Waals surface area contributed by atoms with Crippen LogP contribution in [0.4, 0.5) is 0 Å². The van der Waals surface area contributed by atoms with Gasteiger partial charge >= 0.3 is 0 Å². The van der Waals surface area contributed by atoms with Gasteiger partial charge in [0.25, 0.3) is 5.91 Å². The molecule has 7 heteroatoms. The smallest absolute Gasteiger partial charge is 0.261 e. The third-order valence-corrected chi connectivity index (χ3v) is 6.47. The highest BCUT2D eigenvalue weighted by Gasteiger charge is 2.28. The lowest BCUT2D eigenvalue weighted by Gasteiger charge is -2.30. The molecule has 2 amide bonds. The summed E-state index contributed by atoms with van der Waals surface area (Å²) in [5, 5.41) is 2.92. The molecule has 0 saturated carbocycles. The Bertz CT molecular complexity index is 892. The van der Waals surface area contributed by atoms with E-state index in [0.717, 1.165) is 33.3 Å². The van der Waals surface area contributed by atoms with Gasteiger partial charge in [0.2, 0.25) is 5.91 Å². The number of nitrogens with zero attached hydrogens (tertiary/aromatic N) is 1. The van der Waals surface area contributed by atoms with Gasteiger partial charge in [-0.25, -0.2) is 0 Å². The zero-order valence-electron chi connectivity index (χ0n) is 19.5. The Kier molecular flexibility index (Phi) is 10.0. The Hall–Kier alpha value is -2.54. The van der Waals surface area contributed by atoms with E-state index < -0.39 is 6.04 Å². The minimum Gasteiger partial charge on any atom is -0.497 e. The molecule has 0 aliphatic carbocycles. The fourth-order valence-corrected chi connectivity index (χ4v) is 3.66. The monoisotopic (exact) mass is 504 g/mol. The lowest BCUT2D eigenvalue weighted by molar-refractivity contribution is -0.143. The van der Waals surface area contributed by atoms with Gasteiger partial charge in [-0.2, -0.15) is 0 Å². The molecular formula is C25H33BrN2O4. The molecule has 1 atom stereocenters. The molecule has 6 nitrogen and oxygen atoms in total. The van der Waals surface area contributed by atoms with Gasteiger partial charge < -0.3 is 19.7 Å². The second kappa shape index (κ2) is 12.5. The molecule has 0 bridgehead atoms. The van der Waals surface area contributed by atoms with Gasteiger partial charge in [0.15, 0.2) is 6.61 Å². The van der Waals surface area contributed by atoms with Crippen LogP contribution in [0.1, 0.15) is 43.4 Å². The Morgan fingerprint density at radius 3 is 2.22 bits per heavy atom. The Morgan fingerprint density at radius 1 is 1.06 bits per heavy atom. The van der Waals surface area contributed by atoms with Crippen LogP contribution in [0.5, 0.6) is 11.5 Å². The second-order valence-electron chi connectivity index (χ2n) is 7.74. The van der Waals surface area contributed by atoms with Crippen molar-refractivity contribution in [3.8, 4) is 11.5 Å². The molecule has 0 unspecified atom stereocenters. The van der Waals surface area contributed by atoms with Crippen molar-refractivity contribution in [1.29, 1.82) is 0 Å². The summed E-state index contributed by atoms with van der Waals surface area (Å²) in [7, 11) is 1.61. The molecule has 0 aliphatic heterocycles. The molecule has 0 spiro atoms. The topological polar surface area (TPSA) is 67.9 Å². The molecule has 0 fully saturated rings. The van der Waals surface area contributed by atoms with Crippen molar-refractivity contribution in [1.82, 2.24) is 10.2 Å². The van der Waals surface area contributed by atoms with E-state index in [9.17, 15) is 9.59 Å². The summed E-state index contributed by atoms with van der Waals surface area (Å²) in [6.45, 7) is 8.61. The average molecular weight is 505 g/mol. The summed E-state index contributed by atoms with van der Waals surface area (Å²) in [5.74, 6) is 0.984. The van der Waals surface area contributed by atoms with E-state index in [0.29, 0.717) is 25.3 Å². The van der Waals surface area contributed by atoms with Crippen LogP contribution in [-0.4, -0.2) is 43.0 Å². The lowest BCUT2D eigenvalue weighted by Crippen LogP contribution is -2.50. The minimum atomic E-state index is -0.576. The number of amides is 2. The first-order valence-corrected chi connectivity index (χ1v) is 11.7. The first-order chi connectivity index (χ1) is 15.3. The van der Waals surface area contributed by atoms with Crippen molar-refractivity contribution in [3.63, 3.8) is 0 Å². The fraction of sp³-hybridized carbons (Fsp3) is 0.440. The summed E-state index contributed by atoms with van der Waals surface area (Å²) in [4.78, 5) is 27.6. The highest BCUT2D eigenvalue weighted by molar-refractivity contribution is 9.10. The maximum atomic E-state index is 13.2. The maximum Gasteiger partial charge on any atom is 0.261 e. The highest BCUT2D eigenvalue weighted by atomic mass is 79.9. The van der Waals surface area contributed by atoms with E-state index in [2.05, 4.69) is 21.2 Å². The quantitative estimate of drug-likeness (QED) is 0.477. The van der Waals surface area contributed by atoms with Crippen molar-refractivity contribution < 1.29 is 19.1 Å². The van der Waals surface area contributed by atoms with Gasteiger partial charge in [0, 0.05) is 17.6 Å². The number of carbonyl (C=O) groups is 2. The lowest BCUT2D eigenvalue weighted by atomic mass is 10.1. The number of rotatable bonds is 11. The zero-order chi connectivity index (χ0) is 23.7. The number of carbonyl (C=O) groups excluding carboxylic acids is 2. The van der Waals surface area contributed by atoms with Crippen molar-refractivity contribution >= 4 is 27.7 Å². The number of methoxy groups -OCH3 is 1. The summed E-state index contributed by atoms with van der Waals surface area (Å²) in [6, 6.07) is 10.7. The number of benzene rings is 2. The van der Waals surface area contributed by atoms with E-state index in [4.69, 9.17) is 9.47 Å². The first kappa shape index (κ1) is 25.7. The van der Waals surface area contributed by atoms with Crippen LogP contribution >= 0.6 is 15.9 Å². The number of hydrogen-bond acceptors (Lipinski definition) is 4. The van der Waals surface area contributed by atoms with E-state index in [1.54, 1.807) is 12.0 Å². The predicted molar refractivity (Wildman–Crippen MR) is 130 cm³/mol. The van der Waals surface area contributed by atoms with Gasteiger partial charge in [0.05, 0.1) is 7.11 Å². The number of halogens is 1. The molecule has 0 saturated heterocycles. The fourth-order valence-electron chi connectivity index (χ4n) is 3.43. The number of ether oxygens (including phenoxy) is 2. The molecule has 2 rings (SSSR count). The van der Waals surface area contributed by atoms with Gasteiger partial charge in [-0.3, -0.25) is 9.59 Å². The van der Waals surface area contributed by atoms with E-state index >= 15 is 0 Å². The van der Waals surface area contributed by atoms with Gasteiger partial charge in [0.1, 0.15) is 17.5 Å². The first-order valence-electron chi connectivity index (χ1n) is 10.9. The Balaban J connectivity index is 2.22. The van der Waals surface area contributed by atoms with Crippen LogP contribution in [0.25, 0.3) is 0 Å². The van der Waals surface area contributed by atoms with E-state index in [-0.39, 0.29) is 18.4 Å². The molecule has 0 radical (unpaired) electrons. The number of nitrogens with one attached hydrogen (secondary N) is 1. The Labute approximate surface area is 199 Å². The SMILES string of the molecule is CCCNC(=O)[C@H](CC)N(Cc1ccc(OC)cc1)C(=O)COc1cc(C)c(Br)c(C)c1. The largest absolute Gasteiger partial charge is 0.497 e. The van der Waals surface area contributed by atoms with Crippen LogP contribution < -0.4 is 14.8 Å². The standard InChI is InChI=1S/C25H33BrN2O4/c1-6-12-27-25(30)22(7-2)28(15-19-8-10-20(31-5)11-9-19)23(29)16-32-21-13-17(3)24(26)18(4)14-21/h8-11,13-14,22H,6-7,12,15-16H2,1-5H3,(H,27,30)/t22-/m0/s1. The maximum absolute atomic E-state index is 13.2. The van der Waals surface area contributed by atoms with Crippen molar-refractivity contribution in [2.75, 3.05) is 20.3 Å². The number of aryl methyl sites for hydroxylation is 2. The summed E-state index contributed by atoms with van der Waals surface area (Å²) >= 11 is 3.54. The van der Waals surface area contributed by atoms with E-state index in [1.807, 2.05) is 64.1 Å². The molecule has 0 heterocycles. The van der Waals surface area contributed by atoms with Crippen LogP contribution in [0.15, 0.2) is 40.9 Å². The predicted octanol–water partition coefficient (Wildman–Crippen LogP) is 4.79. The Morgan fingerprint density at radius 2 is 1.69 bits per heavy atom. The van der Waals surface area contributed by atoms with Crippen LogP contribution in [0, 0.1) is 13.8 Å². The molecule has 2 aromatic rings. The van der Waals surface area contributed by atoms with Crippen LogP contribution in [0.3, 0.4) is 0 Å². The molecule has 2 aromatic carbocycles. The molecule has 32 heavy (non-hydrogen) atoms. The second-order valence-corrected chi connectivity index (χ2v) is 8.54. The van der Waals surface area contributed by atoms with Crippen LogP contribution in [-0.2, 0) is 16.1 Å². The van der Waals surface area contributed by atoms with Gasteiger partial charge in [-0.05, 0) is 67.6 Å². The van der Waals surface area contributed by atoms with Crippen molar-refractivity contribution in [3.05, 3.63) is 57.6 Å². The zero-order valence-corrected chi connectivity index (χ0v) is 21.1. The third kappa shape index (κ3) is 6.99. The number of hydrogen-bond donors (Lipinski definition) is 1. The summed E-state index contributed by atoms with van der Waals surface area (Å²) < 4.78 is 12.1. The van der Waals surface area contributed by atoms with Crippen LogP contribution in [0.2, 0.25) is 0 Å². The highest BCUT2D eigenvalue weighted by Crippen LogP contribution is 2.26. The van der Waals surface area contributed by atoms with Crippen molar-refractivity contribution in [2.24, 2.45) is 0 Å². The molecule has 174 valence electrons. The molecule has 0 aliphatic rings. The third-order valence-electron chi connectivity index (χ3n) is 5.22. The van der Waals surface area contributed by atoms with Gasteiger partial charge in [-0.15, -0.1) is 0 Å². The normalized spacial score (nSPS) is 11.6. The van der Waals surface area contributed by atoms with Gasteiger partial charge in [-0.1, -0.05) is 41.9 Å². The molecular weight excluding hydrogens is 472 g/mol. The minimum absolute atomic E-state index is 0.145. The molecule has 0 aromatic heterocycles. The molecule has 1 N–H and O–H groups in total. The summed E-state index contributed by atoms with van der Waals surface area (Å²) in [5.41, 5.74) is 2.98. The van der Waals surface area contributed by atoms with Crippen molar-refractivity contribution in [2.45, 2.75) is 53.1 Å². The average Bonchev–Trinajstić information content (AvgIpc) is 2.79. The summed E-state index contributed by atoms with van der Waals surface area (Å²) in [6.07, 6.45) is 1.34.